The third kappa shape index (κ3) is 3.59. The SMILES string of the molecule is Cc1ccc(-n2c3ccc(-c4c(C=O)c5ccccc5n4C)cc3c3cc(-c4c(C=O)c5ccccc5n4C)ccc32)cc1. The van der Waals surface area contributed by atoms with Gasteiger partial charge in [0.05, 0.1) is 22.4 Å². The lowest BCUT2D eigenvalue weighted by molar-refractivity contribution is 0.111. The number of hydrogen-bond donors (Lipinski definition) is 0. The minimum absolute atomic E-state index is 0.691. The number of carbonyl (C=O) groups excluding carboxylic acids is 2. The lowest BCUT2D eigenvalue weighted by Gasteiger charge is -2.10. The van der Waals surface area contributed by atoms with Crippen LogP contribution in [-0.2, 0) is 14.1 Å². The van der Waals surface area contributed by atoms with Crippen LogP contribution in [0.3, 0.4) is 0 Å². The Balaban J connectivity index is 1.45. The Labute approximate surface area is 254 Å². The van der Waals surface area contributed by atoms with Crippen LogP contribution in [0.4, 0.5) is 0 Å². The first-order chi connectivity index (χ1) is 21.5. The number of aldehydes is 2. The number of benzene rings is 5. The molecule has 5 aromatic carbocycles. The second-order valence-corrected chi connectivity index (χ2v) is 11.5. The Morgan fingerprint density at radius 1 is 0.500 bits per heavy atom. The largest absolute Gasteiger partial charge is 0.343 e. The molecule has 8 rings (SSSR count). The molecule has 0 fully saturated rings. The normalized spacial score (nSPS) is 11.7. The molecule has 0 saturated carbocycles. The Morgan fingerprint density at radius 3 is 1.41 bits per heavy atom. The predicted octanol–water partition coefficient (Wildman–Crippen LogP) is 9.03. The Morgan fingerprint density at radius 2 is 0.955 bits per heavy atom. The van der Waals surface area contributed by atoms with Gasteiger partial charge in [-0.1, -0.05) is 66.2 Å². The van der Waals surface area contributed by atoms with Crippen molar-refractivity contribution in [2.24, 2.45) is 14.1 Å². The second-order valence-electron chi connectivity index (χ2n) is 11.5. The van der Waals surface area contributed by atoms with Gasteiger partial charge in [-0.15, -0.1) is 0 Å². The van der Waals surface area contributed by atoms with Crippen LogP contribution < -0.4 is 0 Å². The van der Waals surface area contributed by atoms with Crippen molar-refractivity contribution >= 4 is 56.2 Å². The van der Waals surface area contributed by atoms with Crippen LogP contribution in [0.1, 0.15) is 26.3 Å². The molecule has 0 aliphatic heterocycles. The molecule has 0 unspecified atom stereocenters. The summed E-state index contributed by atoms with van der Waals surface area (Å²) in [6, 6.07) is 37.6. The van der Waals surface area contributed by atoms with Crippen LogP contribution in [-0.4, -0.2) is 26.3 Å². The summed E-state index contributed by atoms with van der Waals surface area (Å²) in [6.07, 6.45) is 1.94. The number of rotatable bonds is 5. The average Bonchev–Trinajstić information content (AvgIpc) is 3.65. The highest BCUT2D eigenvalue weighted by Gasteiger charge is 2.21. The van der Waals surface area contributed by atoms with Gasteiger partial charge >= 0.3 is 0 Å². The molecule has 0 N–H and O–H groups in total. The maximum atomic E-state index is 12.4. The van der Waals surface area contributed by atoms with Crippen LogP contribution in [0.2, 0.25) is 0 Å². The number of carbonyl (C=O) groups is 2. The molecular formula is C39H29N3O2. The van der Waals surface area contributed by atoms with Crippen molar-refractivity contribution in [2.75, 3.05) is 0 Å². The zero-order valence-corrected chi connectivity index (χ0v) is 24.7. The van der Waals surface area contributed by atoms with Gasteiger partial charge in [0.15, 0.2) is 12.6 Å². The van der Waals surface area contributed by atoms with Gasteiger partial charge < -0.3 is 13.7 Å². The number of nitrogens with zero attached hydrogens (tertiary/aromatic N) is 3. The number of fused-ring (bicyclic) bond motifs is 5. The summed E-state index contributed by atoms with van der Waals surface area (Å²) >= 11 is 0. The molecule has 3 heterocycles. The molecule has 5 heteroatoms. The summed E-state index contributed by atoms with van der Waals surface area (Å²) in [5, 5.41) is 4.05. The fourth-order valence-electron chi connectivity index (χ4n) is 7.07. The number of hydrogen-bond acceptors (Lipinski definition) is 2. The van der Waals surface area contributed by atoms with Crippen molar-refractivity contribution in [3.8, 4) is 28.2 Å². The third-order valence-corrected chi connectivity index (χ3v) is 9.13. The standard InChI is InChI=1S/C39H29N3O2/c1-24-12-16-27(17-13-24)42-36-18-14-25(38-32(22-43)28-8-4-6-10-34(28)40(38)2)20-30(36)31-21-26(15-19-37(31)42)39-33(23-44)29-9-5-7-11-35(29)41(39)3/h4-23H,1-3H3. The van der Waals surface area contributed by atoms with Gasteiger partial charge in [0.2, 0.25) is 0 Å². The van der Waals surface area contributed by atoms with E-state index in [1.807, 2.05) is 62.6 Å². The van der Waals surface area contributed by atoms with E-state index < -0.39 is 0 Å². The van der Waals surface area contributed by atoms with Gasteiger partial charge in [-0.2, -0.15) is 0 Å². The first kappa shape index (κ1) is 26.0. The maximum absolute atomic E-state index is 12.4. The molecule has 0 atom stereocenters. The van der Waals surface area contributed by atoms with E-state index in [-0.39, 0.29) is 0 Å². The highest BCUT2D eigenvalue weighted by molar-refractivity contribution is 6.14. The van der Waals surface area contributed by atoms with Crippen molar-refractivity contribution in [2.45, 2.75) is 6.92 Å². The van der Waals surface area contributed by atoms with Gasteiger partial charge in [-0.05, 0) is 66.6 Å². The minimum Gasteiger partial charge on any atom is -0.343 e. The minimum atomic E-state index is 0.691. The molecule has 0 bridgehead atoms. The van der Waals surface area contributed by atoms with E-state index in [1.54, 1.807) is 0 Å². The number of para-hydroxylation sites is 2. The van der Waals surface area contributed by atoms with E-state index in [0.29, 0.717) is 11.1 Å². The van der Waals surface area contributed by atoms with Gasteiger partial charge in [-0.25, -0.2) is 0 Å². The lowest BCUT2D eigenvalue weighted by Crippen LogP contribution is -1.96. The molecule has 0 spiro atoms. The summed E-state index contributed by atoms with van der Waals surface area (Å²) < 4.78 is 6.51. The molecule has 212 valence electrons. The molecule has 44 heavy (non-hydrogen) atoms. The molecule has 5 nitrogen and oxygen atoms in total. The first-order valence-corrected chi connectivity index (χ1v) is 14.7. The fraction of sp³-hybridized carbons (Fsp3) is 0.0769. The maximum Gasteiger partial charge on any atom is 0.152 e. The molecule has 3 aromatic heterocycles. The van der Waals surface area contributed by atoms with Crippen molar-refractivity contribution in [3.05, 3.63) is 126 Å². The summed E-state index contributed by atoms with van der Waals surface area (Å²) in [5.74, 6) is 0. The Kier molecular flexibility index (Phi) is 5.72. The van der Waals surface area contributed by atoms with E-state index >= 15 is 0 Å². The van der Waals surface area contributed by atoms with Crippen LogP contribution in [0.5, 0.6) is 0 Å². The second kappa shape index (κ2) is 9.68. The molecule has 0 aliphatic carbocycles. The Hall–Kier alpha value is -5.68. The van der Waals surface area contributed by atoms with Gasteiger partial charge in [0.1, 0.15) is 0 Å². The fourth-order valence-corrected chi connectivity index (χ4v) is 7.07. The Bertz CT molecular complexity index is 2300. The number of aromatic nitrogens is 3. The summed E-state index contributed by atoms with van der Waals surface area (Å²) in [7, 11) is 4.03. The van der Waals surface area contributed by atoms with E-state index in [0.717, 1.165) is 84.4 Å². The monoisotopic (exact) mass is 571 g/mol. The van der Waals surface area contributed by atoms with E-state index in [9.17, 15) is 9.59 Å². The van der Waals surface area contributed by atoms with Crippen LogP contribution >= 0.6 is 0 Å². The van der Waals surface area contributed by atoms with Crippen molar-refractivity contribution in [3.63, 3.8) is 0 Å². The van der Waals surface area contributed by atoms with E-state index in [2.05, 4.69) is 81.3 Å². The highest BCUT2D eigenvalue weighted by atomic mass is 16.1. The van der Waals surface area contributed by atoms with Gasteiger partial charge in [0, 0.05) is 63.5 Å². The molecular weight excluding hydrogens is 542 g/mol. The molecule has 0 radical (unpaired) electrons. The average molecular weight is 572 g/mol. The number of aryl methyl sites for hydroxylation is 3. The lowest BCUT2D eigenvalue weighted by atomic mass is 10.0. The summed E-state index contributed by atoms with van der Waals surface area (Å²) in [5.41, 5.74) is 11.6. The van der Waals surface area contributed by atoms with E-state index in [4.69, 9.17) is 0 Å². The molecule has 0 aliphatic rings. The summed E-state index contributed by atoms with van der Waals surface area (Å²) in [4.78, 5) is 24.9. The van der Waals surface area contributed by atoms with Gasteiger partial charge in [0.25, 0.3) is 0 Å². The topological polar surface area (TPSA) is 48.9 Å². The van der Waals surface area contributed by atoms with Crippen LogP contribution in [0.25, 0.3) is 71.8 Å². The predicted molar refractivity (Wildman–Crippen MR) is 180 cm³/mol. The molecule has 0 saturated heterocycles. The summed E-state index contributed by atoms with van der Waals surface area (Å²) in [6.45, 7) is 2.09. The highest BCUT2D eigenvalue weighted by Crippen LogP contribution is 2.40. The van der Waals surface area contributed by atoms with E-state index in [1.165, 1.54) is 5.56 Å². The van der Waals surface area contributed by atoms with Gasteiger partial charge in [-0.3, -0.25) is 9.59 Å². The molecule has 0 amide bonds. The van der Waals surface area contributed by atoms with Crippen LogP contribution in [0.15, 0.2) is 109 Å². The first-order valence-electron chi connectivity index (χ1n) is 14.7. The molecule has 8 aromatic rings. The third-order valence-electron chi connectivity index (χ3n) is 9.13. The quantitative estimate of drug-likeness (QED) is 0.194. The zero-order chi connectivity index (χ0) is 30.1. The van der Waals surface area contributed by atoms with Crippen LogP contribution in [0, 0.1) is 6.92 Å². The van der Waals surface area contributed by atoms with Crippen molar-refractivity contribution < 1.29 is 9.59 Å². The van der Waals surface area contributed by atoms with Crippen molar-refractivity contribution in [1.82, 2.24) is 13.7 Å². The van der Waals surface area contributed by atoms with Crippen molar-refractivity contribution in [1.29, 1.82) is 0 Å². The smallest absolute Gasteiger partial charge is 0.152 e. The zero-order valence-electron chi connectivity index (χ0n) is 24.7.